The van der Waals surface area contributed by atoms with Crippen LogP contribution < -0.4 is 21.3 Å². The smallest absolute Gasteiger partial charge is 0.316 e. The maximum Gasteiger partial charge on any atom is 0.316 e. The van der Waals surface area contributed by atoms with E-state index in [0.29, 0.717) is 17.1 Å². The number of nitrogens with zero attached hydrogens (tertiary/aromatic N) is 1. The van der Waals surface area contributed by atoms with Crippen molar-refractivity contribution in [2.75, 3.05) is 17.9 Å². The maximum atomic E-state index is 11.3. The number of rotatable bonds is 5. The molecule has 4 N–H and O–H groups in total. The predicted octanol–water partition coefficient (Wildman–Crippen LogP) is 2.94. The molecule has 0 bridgehead atoms. The number of ether oxygens (including phenoxy) is 1. The van der Waals surface area contributed by atoms with Gasteiger partial charge >= 0.3 is 5.69 Å². The Morgan fingerprint density at radius 3 is 2.52 bits per heavy atom. The Hall–Kier alpha value is -2.80. The third-order valence-corrected chi connectivity index (χ3v) is 3.00. The lowest BCUT2D eigenvalue weighted by molar-refractivity contribution is -0.383. The number of methoxy groups -OCH3 is 1. The van der Waals surface area contributed by atoms with Crippen LogP contribution in [-0.4, -0.2) is 12.0 Å². The summed E-state index contributed by atoms with van der Waals surface area (Å²) in [5.74, 6) is 5.92. The number of nitrogens with two attached hydrogens (primary N) is 1. The van der Waals surface area contributed by atoms with E-state index in [0.717, 1.165) is 5.56 Å². The molecule has 2 aromatic rings. The van der Waals surface area contributed by atoms with E-state index in [-0.39, 0.29) is 11.4 Å². The normalized spacial score (nSPS) is 10.0. The number of nitro groups is 1. The summed E-state index contributed by atoms with van der Waals surface area (Å²) >= 11 is 0. The molecule has 0 atom stereocenters. The average molecular weight is 288 g/mol. The van der Waals surface area contributed by atoms with Crippen molar-refractivity contribution >= 4 is 22.7 Å². The highest BCUT2D eigenvalue weighted by Crippen LogP contribution is 2.36. The number of anilines is 3. The molecule has 2 rings (SSSR count). The largest absolute Gasteiger partial charge is 0.495 e. The summed E-state index contributed by atoms with van der Waals surface area (Å²) in [6.07, 6.45) is 0. The minimum atomic E-state index is -0.486. The van der Waals surface area contributed by atoms with Gasteiger partial charge in [-0.3, -0.25) is 16.0 Å². The average Bonchev–Trinajstić information content (AvgIpc) is 2.47. The van der Waals surface area contributed by atoms with Crippen LogP contribution in [0.2, 0.25) is 0 Å². The second-order valence-electron chi connectivity index (χ2n) is 4.43. The van der Waals surface area contributed by atoms with Gasteiger partial charge in [-0.1, -0.05) is 12.1 Å². The molecule has 0 saturated carbocycles. The van der Waals surface area contributed by atoms with Crippen LogP contribution in [0.1, 0.15) is 5.56 Å². The Balaban J connectivity index is 2.49. The number of nitro benzene ring substituents is 1. The van der Waals surface area contributed by atoms with Crippen molar-refractivity contribution in [3.8, 4) is 5.75 Å². The summed E-state index contributed by atoms with van der Waals surface area (Å²) in [4.78, 5) is 10.8. The van der Waals surface area contributed by atoms with Crippen LogP contribution in [0.15, 0.2) is 36.4 Å². The first kappa shape index (κ1) is 14.6. The van der Waals surface area contributed by atoms with Crippen molar-refractivity contribution in [2.24, 2.45) is 5.84 Å². The first-order chi connectivity index (χ1) is 10.1. The van der Waals surface area contributed by atoms with Crippen LogP contribution in [0.5, 0.6) is 5.75 Å². The highest BCUT2D eigenvalue weighted by Gasteiger charge is 2.20. The van der Waals surface area contributed by atoms with Gasteiger partial charge in [0.2, 0.25) is 0 Å². The third-order valence-electron chi connectivity index (χ3n) is 3.00. The summed E-state index contributed by atoms with van der Waals surface area (Å²) < 4.78 is 5.26. The number of nitrogens with one attached hydrogen (secondary N) is 2. The number of hydrogen-bond acceptors (Lipinski definition) is 6. The molecule has 0 aliphatic carbocycles. The molecule has 0 aromatic heterocycles. The van der Waals surface area contributed by atoms with Crippen molar-refractivity contribution in [3.63, 3.8) is 0 Å². The Morgan fingerprint density at radius 2 is 1.90 bits per heavy atom. The van der Waals surface area contributed by atoms with Gasteiger partial charge in [0, 0.05) is 0 Å². The Kier molecular flexibility index (Phi) is 4.24. The van der Waals surface area contributed by atoms with Crippen LogP contribution in [0.4, 0.5) is 22.7 Å². The van der Waals surface area contributed by atoms with E-state index in [9.17, 15) is 10.1 Å². The number of hydrazine groups is 1. The van der Waals surface area contributed by atoms with E-state index in [1.54, 1.807) is 25.3 Å². The van der Waals surface area contributed by atoms with Gasteiger partial charge in [0.25, 0.3) is 0 Å². The highest BCUT2D eigenvalue weighted by atomic mass is 16.6. The second kappa shape index (κ2) is 6.10. The summed E-state index contributed by atoms with van der Waals surface area (Å²) in [6.45, 7) is 1.93. The second-order valence-corrected chi connectivity index (χ2v) is 4.43. The van der Waals surface area contributed by atoms with Crippen molar-refractivity contribution in [1.29, 1.82) is 0 Å². The summed E-state index contributed by atoms with van der Waals surface area (Å²) in [7, 11) is 1.54. The maximum absolute atomic E-state index is 11.3. The fraction of sp³-hybridized carbons (Fsp3) is 0.143. The number of aryl methyl sites for hydroxylation is 1. The number of para-hydroxylation sites is 1. The van der Waals surface area contributed by atoms with E-state index >= 15 is 0 Å². The van der Waals surface area contributed by atoms with Gasteiger partial charge in [0.05, 0.1) is 17.7 Å². The van der Waals surface area contributed by atoms with Gasteiger partial charge in [-0.2, -0.15) is 0 Å². The third kappa shape index (κ3) is 3.03. The van der Waals surface area contributed by atoms with Gasteiger partial charge in [-0.25, -0.2) is 0 Å². The summed E-state index contributed by atoms with van der Waals surface area (Å²) in [5.41, 5.74) is 4.43. The standard InChI is InChI=1S/C14H16N4O3/c1-9-6-7-13(21-2)12(8-9)16-10-4-3-5-11(17-15)14(10)18(19)20/h3-8,16-17H,15H2,1-2H3. The van der Waals surface area contributed by atoms with E-state index < -0.39 is 4.92 Å². The van der Waals surface area contributed by atoms with Crippen molar-refractivity contribution in [2.45, 2.75) is 6.92 Å². The van der Waals surface area contributed by atoms with Crippen molar-refractivity contribution < 1.29 is 9.66 Å². The molecule has 0 radical (unpaired) electrons. The van der Waals surface area contributed by atoms with E-state index in [2.05, 4.69) is 10.7 Å². The quantitative estimate of drug-likeness (QED) is 0.444. The lowest BCUT2D eigenvalue weighted by Crippen LogP contribution is -2.10. The van der Waals surface area contributed by atoms with E-state index in [1.807, 2.05) is 19.1 Å². The van der Waals surface area contributed by atoms with E-state index in [1.165, 1.54) is 6.07 Å². The Morgan fingerprint density at radius 1 is 1.19 bits per heavy atom. The van der Waals surface area contributed by atoms with Gasteiger partial charge in [0.15, 0.2) is 0 Å². The number of benzene rings is 2. The number of hydrogen-bond donors (Lipinski definition) is 3. The van der Waals surface area contributed by atoms with E-state index in [4.69, 9.17) is 10.6 Å². The molecule has 0 aliphatic heterocycles. The SMILES string of the molecule is COc1ccc(C)cc1Nc1cccc(NN)c1[N+](=O)[O-]. The molecule has 0 saturated heterocycles. The zero-order chi connectivity index (χ0) is 15.4. The fourth-order valence-electron chi connectivity index (χ4n) is 2.02. The van der Waals surface area contributed by atoms with Crippen LogP contribution in [0, 0.1) is 17.0 Å². The molecule has 110 valence electrons. The minimum absolute atomic E-state index is 0.122. The molecule has 7 nitrogen and oxygen atoms in total. The Bertz CT molecular complexity index is 673. The molecule has 2 aromatic carbocycles. The number of nitrogen functional groups attached to an aromatic ring is 1. The van der Waals surface area contributed by atoms with Gasteiger partial charge in [-0.15, -0.1) is 0 Å². The van der Waals surface area contributed by atoms with Crippen LogP contribution in [0.25, 0.3) is 0 Å². The first-order valence-corrected chi connectivity index (χ1v) is 6.22. The molecule has 7 heteroatoms. The van der Waals surface area contributed by atoms with Crippen LogP contribution in [-0.2, 0) is 0 Å². The molecule has 0 heterocycles. The van der Waals surface area contributed by atoms with Crippen LogP contribution in [0.3, 0.4) is 0 Å². The van der Waals surface area contributed by atoms with Gasteiger partial charge in [0.1, 0.15) is 17.1 Å². The van der Waals surface area contributed by atoms with Crippen molar-refractivity contribution in [1.82, 2.24) is 0 Å². The highest BCUT2D eigenvalue weighted by molar-refractivity contribution is 5.80. The molecule has 0 spiro atoms. The van der Waals surface area contributed by atoms with Gasteiger partial charge < -0.3 is 15.5 Å². The summed E-state index contributed by atoms with van der Waals surface area (Å²) in [5, 5.41) is 14.3. The molecular formula is C14H16N4O3. The van der Waals surface area contributed by atoms with Gasteiger partial charge in [-0.05, 0) is 36.8 Å². The molecule has 0 unspecified atom stereocenters. The van der Waals surface area contributed by atoms with Crippen molar-refractivity contribution in [3.05, 3.63) is 52.1 Å². The Labute approximate surface area is 121 Å². The van der Waals surface area contributed by atoms with Crippen LogP contribution >= 0.6 is 0 Å². The molecule has 0 fully saturated rings. The zero-order valence-corrected chi connectivity index (χ0v) is 11.7. The molecule has 21 heavy (non-hydrogen) atoms. The zero-order valence-electron chi connectivity index (χ0n) is 11.7. The minimum Gasteiger partial charge on any atom is -0.495 e. The topological polar surface area (TPSA) is 102 Å². The molecular weight excluding hydrogens is 272 g/mol. The molecule has 0 amide bonds. The monoisotopic (exact) mass is 288 g/mol. The first-order valence-electron chi connectivity index (χ1n) is 6.22. The fourth-order valence-corrected chi connectivity index (χ4v) is 2.02. The summed E-state index contributed by atoms with van der Waals surface area (Å²) in [6, 6.07) is 10.4. The lowest BCUT2D eigenvalue weighted by Gasteiger charge is -2.13. The lowest BCUT2D eigenvalue weighted by atomic mass is 10.2. The molecule has 0 aliphatic rings. The predicted molar refractivity (Wildman–Crippen MR) is 81.9 cm³/mol.